The van der Waals surface area contributed by atoms with Crippen molar-refractivity contribution in [3.8, 4) is 0 Å². The van der Waals surface area contributed by atoms with Crippen molar-refractivity contribution in [3.05, 3.63) is 0 Å². The Labute approximate surface area is 110 Å². The lowest BCUT2D eigenvalue weighted by atomic mass is 9.87. The molecule has 0 radical (unpaired) electrons. The van der Waals surface area contributed by atoms with E-state index in [9.17, 15) is 13.2 Å². The van der Waals surface area contributed by atoms with Crippen molar-refractivity contribution in [2.45, 2.75) is 63.4 Å². The van der Waals surface area contributed by atoms with Gasteiger partial charge in [-0.25, -0.2) is 8.42 Å². The average Bonchev–Trinajstić information content (AvgIpc) is 2.27. The SMILES string of the molecule is CCC1CCCC(S(=O)(=O)C(C(=O)O)C(C)C)C1. The number of hydrogen-bond acceptors (Lipinski definition) is 3. The Morgan fingerprint density at radius 2 is 1.94 bits per heavy atom. The van der Waals surface area contributed by atoms with E-state index >= 15 is 0 Å². The third-order valence-corrected chi connectivity index (χ3v) is 6.79. The molecule has 18 heavy (non-hydrogen) atoms. The molecule has 0 heterocycles. The second kappa shape index (κ2) is 6.04. The molecule has 0 amide bonds. The van der Waals surface area contributed by atoms with Crippen LogP contribution < -0.4 is 0 Å². The molecule has 1 aliphatic rings. The fourth-order valence-electron chi connectivity index (χ4n) is 2.92. The van der Waals surface area contributed by atoms with Crippen LogP contribution in [0, 0.1) is 11.8 Å². The smallest absolute Gasteiger partial charge is 0.322 e. The molecule has 0 aliphatic heterocycles. The van der Waals surface area contributed by atoms with Gasteiger partial charge in [0.05, 0.1) is 5.25 Å². The van der Waals surface area contributed by atoms with Gasteiger partial charge in [-0.15, -0.1) is 0 Å². The van der Waals surface area contributed by atoms with Gasteiger partial charge in [0.1, 0.15) is 0 Å². The maximum absolute atomic E-state index is 12.4. The monoisotopic (exact) mass is 276 g/mol. The van der Waals surface area contributed by atoms with Crippen molar-refractivity contribution < 1.29 is 18.3 Å². The van der Waals surface area contributed by atoms with Gasteiger partial charge in [0, 0.05) is 0 Å². The van der Waals surface area contributed by atoms with Gasteiger partial charge in [0.2, 0.25) is 0 Å². The Hall–Kier alpha value is -0.580. The Morgan fingerprint density at radius 3 is 2.39 bits per heavy atom. The first-order valence-electron chi connectivity index (χ1n) is 6.76. The number of hydrogen-bond donors (Lipinski definition) is 1. The molecule has 0 aromatic carbocycles. The fraction of sp³-hybridized carbons (Fsp3) is 0.923. The summed E-state index contributed by atoms with van der Waals surface area (Å²) in [5.74, 6) is -1.15. The maximum atomic E-state index is 12.4. The van der Waals surface area contributed by atoms with Crippen LogP contribution in [-0.2, 0) is 14.6 Å². The molecule has 0 spiro atoms. The second-order valence-electron chi connectivity index (χ2n) is 5.65. The molecule has 1 rings (SSSR count). The number of aliphatic carboxylic acids is 1. The highest BCUT2D eigenvalue weighted by molar-refractivity contribution is 7.93. The zero-order valence-corrected chi connectivity index (χ0v) is 12.2. The standard InChI is InChI=1S/C13H24O4S/c1-4-10-6-5-7-11(8-10)18(16,17)12(9(2)3)13(14)15/h9-12H,4-8H2,1-3H3,(H,14,15). The van der Waals surface area contributed by atoms with Crippen molar-refractivity contribution in [1.82, 2.24) is 0 Å². The fourth-order valence-corrected chi connectivity index (χ4v) is 5.41. The minimum atomic E-state index is -3.57. The summed E-state index contributed by atoms with van der Waals surface area (Å²) < 4.78 is 24.9. The van der Waals surface area contributed by atoms with E-state index in [0.717, 1.165) is 19.3 Å². The number of carboxylic acids is 1. The van der Waals surface area contributed by atoms with Gasteiger partial charge in [0.15, 0.2) is 15.1 Å². The number of carboxylic acid groups (broad SMARTS) is 1. The third-order valence-electron chi connectivity index (χ3n) is 3.98. The molecular formula is C13H24O4S. The minimum absolute atomic E-state index is 0.380. The summed E-state index contributed by atoms with van der Waals surface area (Å²) in [4.78, 5) is 11.2. The van der Waals surface area contributed by atoms with Crippen molar-refractivity contribution in [2.24, 2.45) is 11.8 Å². The van der Waals surface area contributed by atoms with Crippen LogP contribution in [0.25, 0.3) is 0 Å². The molecule has 1 saturated carbocycles. The highest BCUT2D eigenvalue weighted by Crippen LogP contribution is 2.33. The molecule has 1 N–H and O–H groups in total. The molecule has 1 fully saturated rings. The summed E-state index contributed by atoms with van der Waals surface area (Å²) in [6.45, 7) is 5.39. The van der Waals surface area contributed by atoms with Crippen molar-refractivity contribution in [2.75, 3.05) is 0 Å². The molecule has 0 aromatic heterocycles. The van der Waals surface area contributed by atoms with Crippen molar-refractivity contribution >= 4 is 15.8 Å². The molecule has 0 aromatic rings. The van der Waals surface area contributed by atoms with Gasteiger partial charge < -0.3 is 5.11 Å². The molecule has 0 saturated heterocycles. The Morgan fingerprint density at radius 1 is 1.33 bits per heavy atom. The molecule has 4 nitrogen and oxygen atoms in total. The van der Waals surface area contributed by atoms with Crippen molar-refractivity contribution in [3.63, 3.8) is 0 Å². The number of sulfone groups is 1. The molecule has 3 unspecified atom stereocenters. The lowest BCUT2D eigenvalue weighted by Crippen LogP contribution is -2.42. The average molecular weight is 276 g/mol. The lowest BCUT2D eigenvalue weighted by Gasteiger charge is -2.31. The number of carbonyl (C=O) groups is 1. The Bertz CT molecular complexity index is 386. The summed E-state index contributed by atoms with van der Waals surface area (Å²) in [7, 11) is -3.57. The van der Waals surface area contributed by atoms with Gasteiger partial charge in [-0.3, -0.25) is 4.79 Å². The minimum Gasteiger partial charge on any atom is -0.480 e. The van der Waals surface area contributed by atoms with Crippen LogP contribution >= 0.6 is 0 Å². The van der Waals surface area contributed by atoms with Crippen LogP contribution in [0.2, 0.25) is 0 Å². The summed E-state index contributed by atoms with van der Waals surface area (Å²) in [6, 6.07) is 0. The molecular weight excluding hydrogens is 252 g/mol. The Balaban J connectivity index is 2.94. The van der Waals surface area contributed by atoms with E-state index in [2.05, 4.69) is 6.92 Å². The largest absolute Gasteiger partial charge is 0.480 e. The second-order valence-corrected chi connectivity index (χ2v) is 8.01. The van der Waals surface area contributed by atoms with E-state index in [4.69, 9.17) is 5.11 Å². The first-order valence-corrected chi connectivity index (χ1v) is 8.37. The van der Waals surface area contributed by atoms with Gasteiger partial charge in [-0.05, 0) is 24.7 Å². The highest BCUT2D eigenvalue weighted by atomic mass is 32.2. The molecule has 0 bridgehead atoms. The predicted octanol–water partition coefficient (Wildman–Crippen LogP) is 2.48. The maximum Gasteiger partial charge on any atom is 0.322 e. The highest BCUT2D eigenvalue weighted by Gasteiger charge is 2.42. The molecule has 5 heteroatoms. The molecule has 3 atom stereocenters. The molecule has 1 aliphatic carbocycles. The number of rotatable bonds is 5. The van der Waals surface area contributed by atoms with Crippen LogP contribution in [0.3, 0.4) is 0 Å². The topological polar surface area (TPSA) is 71.4 Å². The predicted molar refractivity (Wildman–Crippen MR) is 71.2 cm³/mol. The first-order chi connectivity index (χ1) is 8.30. The first kappa shape index (κ1) is 15.5. The van der Waals surface area contributed by atoms with Gasteiger partial charge in [-0.2, -0.15) is 0 Å². The normalized spacial score (nSPS) is 27.1. The van der Waals surface area contributed by atoms with Crippen LogP contribution in [0.4, 0.5) is 0 Å². The van der Waals surface area contributed by atoms with E-state index in [1.54, 1.807) is 13.8 Å². The summed E-state index contributed by atoms with van der Waals surface area (Å²) >= 11 is 0. The van der Waals surface area contributed by atoms with E-state index < -0.39 is 26.3 Å². The third kappa shape index (κ3) is 3.25. The summed E-state index contributed by atoms with van der Waals surface area (Å²) in [6.07, 6.45) is 4.20. The van der Waals surface area contributed by atoms with E-state index in [0.29, 0.717) is 18.8 Å². The molecule has 106 valence electrons. The van der Waals surface area contributed by atoms with Gasteiger partial charge in [-0.1, -0.05) is 40.0 Å². The lowest BCUT2D eigenvalue weighted by molar-refractivity contribution is -0.137. The zero-order valence-electron chi connectivity index (χ0n) is 11.4. The van der Waals surface area contributed by atoms with Crippen LogP contribution in [-0.4, -0.2) is 30.0 Å². The zero-order chi connectivity index (χ0) is 13.9. The Kier molecular flexibility index (Phi) is 5.20. The van der Waals surface area contributed by atoms with E-state index in [1.165, 1.54) is 0 Å². The van der Waals surface area contributed by atoms with Crippen LogP contribution in [0.1, 0.15) is 52.9 Å². The van der Waals surface area contributed by atoms with Gasteiger partial charge in [0.25, 0.3) is 0 Å². The van der Waals surface area contributed by atoms with Crippen LogP contribution in [0.15, 0.2) is 0 Å². The summed E-state index contributed by atoms with van der Waals surface area (Å²) in [5.41, 5.74) is 0. The van der Waals surface area contributed by atoms with Crippen LogP contribution in [0.5, 0.6) is 0 Å². The van der Waals surface area contributed by atoms with Crippen molar-refractivity contribution in [1.29, 1.82) is 0 Å². The quantitative estimate of drug-likeness (QED) is 0.837. The van der Waals surface area contributed by atoms with E-state index in [1.807, 2.05) is 0 Å². The summed E-state index contributed by atoms with van der Waals surface area (Å²) in [5, 5.41) is 7.44. The van der Waals surface area contributed by atoms with E-state index in [-0.39, 0.29) is 5.92 Å². The van der Waals surface area contributed by atoms with Gasteiger partial charge >= 0.3 is 5.97 Å².